The normalized spacial score (nSPS) is 14.7. The fourth-order valence-electron chi connectivity index (χ4n) is 0.799. The first-order valence-corrected chi connectivity index (χ1v) is 4.25. The number of carbonyl (C=O) groups is 2. The molecule has 0 heterocycles. The SMILES string of the molecule is CCNC(C)C(=O)NC(C)C(=O)O. The summed E-state index contributed by atoms with van der Waals surface area (Å²) < 4.78 is 0. The van der Waals surface area contributed by atoms with Crippen LogP contribution in [-0.4, -0.2) is 35.6 Å². The van der Waals surface area contributed by atoms with Gasteiger partial charge in [0.05, 0.1) is 6.04 Å². The van der Waals surface area contributed by atoms with E-state index in [0.29, 0.717) is 6.54 Å². The topological polar surface area (TPSA) is 78.4 Å². The Morgan fingerprint density at radius 3 is 2.23 bits per heavy atom. The number of aliphatic carboxylic acids is 1. The summed E-state index contributed by atoms with van der Waals surface area (Å²) in [5.74, 6) is -1.33. The molecule has 0 saturated heterocycles. The molecule has 3 N–H and O–H groups in total. The number of hydrogen-bond acceptors (Lipinski definition) is 3. The highest BCUT2D eigenvalue weighted by Gasteiger charge is 2.17. The molecule has 0 aromatic carbocycles. The first kappa shape index (κ1) is 11.9. The Morgan fingerprint density at radius 1 is 1.31 bits per heavy atom. The van der Waals surface area contributed by atoms with Crippen LogP contribution in [0.15, 0.2) is 0 Å². The summed E-state index contributed by atoms with van der Waals surface area (Å²) in [6, 6.07) is -1.19. The van der Waals surface area contributed by atoms with E-state index in [9.17, 15) is 9.59 Å². The number of carboxylic acids is 1. The second kappa shape index (κ2) is 5.53. The molecule has 13 heavy (non-hydrogen) atoms. The van der Waals surface area contributed by atoms with Crippen LogP contribution in [-0.2, 0) is 9.59 Å². The zero-order chi connectivity index (χ0) is 10.4. The lowest BCUT2D eigenvalue weighted by Gasteiger charge is -2.14. The Bertz CT molecular complexity index is 194. The minimum absolute atomic E-state index is 0.295. The van der Waals surface area contributed by atoms with Crippen molar-refractivity contribution in [2.24, 2.45) is 0 Å². The highest BCUT2D eigenvalue weighted by atomic mass is 16.4. The number of carbonyl (C=O) groups excluding carboxylic acids is 1. The van der Waals surface area contributed by atoms with Crippen molar-refractivity contribution in [2.45, 2.75) is 32.9 Å². The highest BCUT2D eigenvalue weighted by molar-refractivity contribution is 5.86. The van der Waals surface area contributed by atoms with Crippen LogP contribution in [0, 0.1) is 0 Å². The molecule has 2 unspecified atom stereocenters. The van der Waals surface area contributed by atoms with Crippen molar-refractivity contribution in [1.82, 2.24) is 10.6 Å². The Morgan fingerprint density at radius 2 is 1.85 bits per heavy atom. The van der Waals surface area contributed by atoms with Crippen molar-refractivity contribution in [3.63, 3.8) is 0 Å². The molecule has 0 aliphatic rings. The molecule has 0 fully saturated rings. The third-order valence-electron chi connectivity index (χ3n) is 1.63. The summed E-state index contributed by atoms with van der Waals surface area (Å²) >= 11 is 0. The Hall–Kier alpha value is -1.10. The van der Waals surface area contributed by atoms with Gasteiger partial charge in [-0.05, 0) is 20.4 Å². The van der Waals surface area contributed by atoms with E-state index in [4.69, 9.17) is 5.11 Å². The number of likely N-dealkylation sites (N-methyl/N-ethyl adjacent to an activating group) is 1. The van der Waals surface area contributed by atoms with Gasteiger partial charge in [0.25, 0.3) is 0 Å². The molecular weight excluding hydrogens is 172 g/mol. The maximum absolute atomic E-state index is 11.2. The number of hydrogen-bond donors (Lipinski definition) is 3. The largest absolute Gasteiger partial charge is 0.480 e. The first-order valence-electron chi connectivity index (χ1n) is 4.25. The van der Waals surface area contributed by atoms with Gasteiger partial charge in [0, 0.05) is 0 Å². The molecule has 0 aliphatic carbocycles. The summed E-state index contributed by atoms with van der Waals surface area (Å²) in [4.78, 5) is 21.6. The van der Waals surface area contributed by atoms with Crippen molar-refractivity contribution in [3.05, 3.63) is 0 Å². The lowest BCUT2D eigenvalue weighted by molar-refractivity contribution is -0.141. The van der Waals surface area contributed by atoms with Gasteiger partial charge >= 0.3 is 5.97 Å². The molecule has 76 valence electrons. The lowest BCUT2D eigenvalue weighted by atomic mass is 10.2. The lowest BCUT2D eigenvalue weighted by Crippen LogP contribution is -2.47. The van der Waals surface area contributed by atoms with Gasteiger partial charge < -0.3 is 15.7 Å². The van der Waals surface area contributed by atoms with E-state index in [1.165, 1.54) is 6.92 Å². The van der Waals surface area contributed by atoms with Crippen molar-refractivity contribution >= 4 is 11.9 Å². The van der Waals surface area contributed by atoms with Crippen molar-refractivity contribution in [1.29, 1.82) is 0 Å². The predicted octanol–water partition coefficient (Wildman–Crippen LogP) is -0.426. The summed E-state index contributed by atoms with van der Waals surface area (Å²) in [5.41, 5.74) is 0. The monoisotopic (exact) mass is 188 g/mol. The van der Waals surface area contributed by atoms with E-state index in [0.717, 1.165) is 0 Å². The summed E-state index contributed by atoms with van der Waals surface area (Å²) in [6.07, 6.45) is 0. The van der Waals surface area contributed by atoms with Crippen LogP contribution < -0.4 is 10.6 Å². The van der Waals surface area contributed by atoms with Crippen LogP contribution in [0.25, 0.3) is 0 Å². The Kier molecular flexibility index (Phi) is 5.06. The third-order valence-corrected chi connectivity index (χ3v) is 1.63. The standard InChI is InChI=1S/C8H16N2O3/c1-4-9-5(2)7(11)10-6(3)8(12)13/h5-6,9H,4H2,1-3H3,(H,10,11)(H,12,13). The van der Waals surface area contributed by atoms with Crippen LogP contribution in [0.1, 0.15) is 20.8 Å². The van der Waals surface area contributed by atoms with Gasteiger partial charge in [-0.3, -0.25) is 9.59 Å². The third kappa shape index (κ3) is 4.47. The van der Waals surface area contributed by atoms with E-state index < -0.39 is 12.0 Å². The minimum Gasteiger partial charge on any atom is -0.480 e. The van der Waals surface area contributed by atoms with Crippen molar-refractivity contribution < 1.29 is 14.7 Å². The fraction of sp³-hybridized carbons (Fsp3) is 0.750. The van der Waals surface area contributed by atoms with Gasteiger partial charge in [0.15, 0.2) is 0 Å². The number of carboxylic acid groups (broad SMARTS) is 1. The van der Waals surface area contributed by atoms with Crippen molar-refractivity contribution in [3.8, 4) is 0 Å². The molecule has 0 spiro atoms. The average Bonchev–Trinajstić information content (AvgIpc) is 2.04. The van der Waals surface area contributed by atoms with Crippen molar-refractivity contribution in [2.75, 3.05) is 6.54 Å². The molecule has 5 nitrogen and oxygen atoms in total. The number of nitrogens with one attached hydrogen (secondary N) is 2. The van der Waals surface area contributed by atoms with Gasteiger partial charge in [-0.15, -0.1) is 0 Å². The minimum atomic E-state index is -1.03. The van der Waals surface area contributed by atoms with Gasteiger partial charge in [-0.1, -0.05) is 6.92 Å². The van der Waals surface area contributed by atoms with E-state index in [1.54, 1.807) is 6.92 Å². The highest BCUT2D eigenvalue weighted by Crippen LogP contribution is 1.86. The van der Waals surface area contributed by atoms with Crippen LogP contribution in [0.2, 0.25) is 0 Å². The van der Waals surface area contributed by atoms with E-state index in [1.807, 2.05) is 6.92 Å². The average molecular weight is 188 g/mol. The molecule has 0 aliphatic heterocycles. The molecule has 0 aromatic heterocycles. The van der Waals surface area contributed by atoms with Crippen LogP contribution in [0.3, 0.4) is 0 Å². The van der Waals surface area contributed by atoms with Crippen LogP contribution >= 0.6 is 0 Å². The fourth-order valence-corrected chi connectivity index (χ4v) is 0.799. The van der Waals surface area contributed by atoms with Gasteiger partial charge in [0.1, 0.15) is 6.04 Å². The maximum Gasteiger partial charge on any atom is 0.325 e. The summed E-state index contributed by atoms with van der Waals surface area (Å²) in [5, 5.41) is 13.8. The molecule has 5 heteroatoms. The van der Waals surface area contributed by atoms with E-state index >= 15 is 0 Å². The molecule has 0 saturated carbocycles. The van der Waals surface area contributed by atoms with Crippen LogP contribution in [0.4, 0.5) is 0 Å². The predicted molar refractivity (Wildman–Crippen MR) is 48.4 cm³/mol. The molecular formula is C8H16N2O3. The molecule has 2 atom stereocenters. The number of amides is 1. The Labute approximate surface area is 77.5 Å². The first-order chi connectivity index (χ1) is 5.99. The summed E-state index contributed by atoms with van der Waals surface area (Å²) in [7, 11) is 0. The van der Waals surface area contributed by atoms with E-state index in [2.05, 4.69) is 10.6 Å². The second-order valence-corrected chi connectivity index (χ2v) is 2.85. The second-order valence-electron chi connectivity index (χ2n) is 2.85. The van der Waals surface area contributed by atoms with E-state index in [-0.39, 0.29) is 11.9 Å². The Balaban J connectivity index is 3.92. The quantitative estimate of drug-likeness (QED) is 0.547. The van der Waals surface area contributed by atoms with Gasteiger partial charge in [-0.2, -0.15) is 0 Å². The molecule has 0 radical (unpaired) electrons. The van der Waals surface area contributed by atoms with Gasteiger partial charge in [-0.25, -0.2) is 0 Å². The summed E-state index contributed by atoms with van der Waals surface area (Å²) in [6.45, 7) is 5.67. The molecule has 0 bridgehead atoms. The maximum atomic E-state index is 11.2. The molecule has 0 aromatic rings. The molecule has 0 rings (SSSR count). The van der Waals surface area contributed by atoms with Crippen LogP contribution in [0.5, 0.6) is 0 Å². The zero-order valence-corrected chi connectivity index (χ0v) is 8.13. The number of rotatable bonds is 5. The van der Waals surface area contributed by atoms with Gasteiger partial charge in [0.2, 0.25) is 5.91 Å². The zero-order valence-electron chi connectivity index (χ0n) is 8.13. The molecule has 1 amide bonds. The smallest absolute Gasteiger partial charge is 0.325 e.